The van der Waals surface area contributed by atoms with E-state index in [2.05, 4.69) is 15.3 Å². The summed E-state index contributed by atoms with van der Waals surface area (Å²) in [6.07, 6.45) is 2.70. The van der Waals surface area contributed by atoms with E-state index < -0.39 is 16.7 Å². The Morgan fingerprint density at radius 3 is 2.37 bits per heavy atom. The minimum atomic E-state index is -0.892. The molecule has 0 saturated heterocycles. The SMILES string of the molecule is C[Xe]C(C)(O)C(C)(C)COc1cc2c(cc1OCC(C)(C)CCO)NCC1CC(c3cc(=O)[nH]c(=O)[nH]3)=CN1C2=O. The zero-order valence-corrected chi connectivity index (χ0v) is 26.4. The Kier molecular flexibility index (Phi) is 9.59. The summed E-state index contributed by atoms with van der Waals surface area (Å²) >= 11 is -0.312. The Balaban J connectivity index is 1.69. The van der Waals surface area contributed by atoms with Crippen molar-refractivity contribution in [1.82, 2.24) is 14.9 Å². The quantitative estimate of drug-likeness (QED) is 0.242. The van der Waals surface area contributed by atoms with Crippen LogP contribution >= 0.6 is 0 Å². The fourth-order valence-corrected chi connectivity index (χ4v) is 6.16. The number of amides is 1. The van der Waals surface area contributed by atoms with Crippen LogP contribution in [0.2, 0.25) is 1.39 Å². The standard InChI is InChI=1S/C29H40N4O7Xe/c1-27(2,7-8-34)15-39-23-11-21-19(10-22(23)40-16-28(3,4)29(5,38)41-6)25(36)33-14-17(9-18(33)13-30-21)20-12-24(35)32-26(37)31-20/h10-12,14,18,30,34,38H,7-9,13,15-16H2,1-6H3,(H2,31,32,35,37). The molecule has 2 unspecified atom stereocenters. The number of aromatic amines is 2. The molecule has 4 rings (SSSR count). The number of H-pyrrole nitrogens is 2. The van der Waals surface area contributed by atoms with E-state index in [-0.39, 0.29) is 74.8 Å². The van der Waals surface area contributed by atoms with Crippen molar-refractivity contribution in [1.29, 1.82) is 0 Å². The number of benzene rings is 1. The van der Waals surface area contributed by atoms with Gasteiger partial charge in [-0.2, -0.15) is 0 Å². The van der Waals surface area contributed by atoms with Crippen LogP contribution in [0.4, 0.5) is 5.69 Å². The maximum atomic E-state index is 13.8. The molecule has 0 fully saturated rings. The molecule has 11 nitrogen and oxygen atoms in total. The van der Waals surface area contributed by atoms with Crippen molar-refractivity contribution in [2.45, 2.75) is 55.0 Å². The van der Waals surface area contributed by atoms with Gasteiger partial charge in [-0.05, 0) is 0 Å². The summed E-state index contributed by atoms with van der Waals surface area (Å²) in [5.41, 5.74) is 0.101. The maximum absolute atomic E-state index is 13.8. The van der Waals surface area contributed by atoms with Gasteiger partial charge < -0.3 is 4.98 Å². The summed E-state index contributed by atoms with van der Waals surface area (Å²) < 4.78 is 13.6. The Bertz CT molecular complexity index is 1420. The van der Waals surface area contributed by atoms with Gasteiger partial charge in [-0.1, -0.05) is 0 Å². The summed E-state index contributed by atoms with van der Waals surface area (Å²) in [4.78, 5) is 43.9. The summed E-state index contributed by atoms with van der Waals surface area (Å²) in [7, 11) is 0. The number of carbonyl (C=O) groups excluding carboxylic acids is 1. The van der Waals surface area contributed by atoms with Gasteiger partial charge in [0.15, 0.2) is 0 Å². The van der Waals surface area contributed by atoms with Crippen molar-refractivity contribution in [3.8, 4) is 11.5 Å². The first-order chi connectivity index (χ1) is 19.2. The van der Waals surface area contributed by atoms with Gasteiger partial charge in [0.2, 0.25) is 0 Å². The monoisotopic (exact) mass is 688 g/mol. The van der Waals surface area contributed by atoms with Crippen LogP contribution in [0.5, 0.6) is 11.5 Å². The van der Waals surface area contributed by atoms with Crippen molar-refractivity contribution < 1.29 is 68.7 Å². The molecule has 2 atom stereocenters. The third kappa shape index (κ3) is 7.15. The third-order valence-corrected chi connectivity index (χ3v) is 11.2. The van der Waals surface area contributed by atoms with Crippen LogP contribution in [-0.4, -0.2) is 63.5 Å². The molecule has 2 aromatic rings. The minimum absolute atomic E-state index is 0.0424. The van der Waals surface area contributed by atoms with Crippen molar-refractivity contribution >= 4 is 17.2 Å². The van der Waals surface area contributed by atoms with E-state index in [1.165, 1.54) is 6.07 Å². The zero-order valence-electron chi connectivity index (χ0n) is 24.4. The van der Waals surface area contributed by atoms with Crippen LogP contribution in [0, 0.1) is 55.0 Å². The van der Waals surface area contributed by atoms with Crippen molar-refractivity contribution in [2.24, 2.45) is 10.8 Å². The molecule has 12 heteroatoms. The molecule has 3 heterocycles. The first-order valence-corrected chi connectivity index (χ1v) is 16.5. The van der Waals surface area contributed by atoms with Gasteiger partial charge in [-0.25, -0.2) is 4.79 Å². The van der Waals surface area contributed by atoms with Crippen LogP contribution in [0.3, 0.4) is 0 Å². The summed E-state index contributed by atoms with van der Waals surface area (Å²) in [5.74, 6) is 0.600. The predicted molar refractivity (Wildman–Crippen MR) is 152 cm³/mol. The topological polar surface area (TPSA) is 157 Å². The van der Waals surface area contributed by atoms with Gasteiger partial charge in [0.05, 0.1) is 0 Å². The fourth-order valence-electron chi connectivity index (χ4n) is 4.65. The van der Waals surface area contributed by atoms with E-state index >= 15 is 0 Å². The average Bonchev–Trinajstić information content (AvgIpc) is 3.28. The Morgan fingerprint density at radius 1 is 1.02 bits per heavy atom. The van der Waals surface area contributed by atoms with Crippen LogP contribution in [0.25, 0.3) is 5.57 Å². The molecule has 5 N–H and O–H groups in total. The number of ether oxygens (including phenoxy) is 2. The van der Waals surface area contributed by atoms with Gasteiger partial charge in [0.1, 0.15) is 0 Å². The zero-order chi connectivity index (χ0) is 30.2. The van der Waals surface area contributed by atoms with Crippen LogP contribution in [0.15, 0.2) is 34.0 Å². The number of rotatable bonds is 11. The molecule has 41 heavy (non-hydrogen) atoms. The number of hydrogen-bond donors (Lipinski definition) is 5. The third-order valence-electron chi connectivity index (χ3n) is 7.89. The Hall–Kier alpha value is -2.00. The molecule has 1 amide bonds. The average molecular weight is 688 g/mol. The van der Waals surface area contributed by atoms with Gasteiger partial charge in [0.25, 0.3) is 5.56 Å². The molecule has 2 aliphatic heterocycles. The predicted octanol–water partition coefficient (Wildman–Crippen LogP) is 2.78. The summed E-state index contributed by atoms with van der Waals surface area (Å²) in [6, 6.07) is 4.53. The summed E-state index contributed by atoms with van der Waals surface area (Å²) in [5, 5.41) is 23.8. The second-order valence-electron chi connectivity index (χ2n) is 12.2. The van der Waals surface area contributed by atoms with Crippen molar-refractivity contribution in [3.63, 3.8) is 0 Å². The van der Waals surface area contributed by atoms with E-state index in [4.69, 9.17) is 9.47 Å². The molecule has 0 saturated carbocycles. The Morgan fingerprint density at radius 2 is 1.71 bits per heavy atom. The number of aromatic nitrogens is 2. The first-order valence-electron chi connectivity index (χ1n) is 13.5. The molecule has 0 aliphatic carbocycles. The molecular formula is C29H40N4O7Xe. The Labute approximate surface area is 264 Å². The van der Waals surface area contributed by atoms with E-state index in [9.17, 15) is 24.6 Å². The van der Waals surface area contributed by atoms with Crippen molar-refractivity contribution in [3.05, 3.63) is 56.5 Å². The van der Waals surface area contributed by atoms with E-state index in [0.29, 0.717) is 60.0 Å². The number of fused-ring (bicyclic) bond motifs is 2. The van der Waals surface area contributed by atoms with Crippen LogP contribution in [-0.2, 0) is 0 Å². The number of carbonyl (C=O) groups is 1. The molecule has 1 aromatic carbocycles. The molecule has 1 aromatic heterocycles. The second kappa shape index (κ2) is 12.3. The molecule has 0 bridgehead atoms. The number of aliphatic hydroxyl groups excluding tert-OH is 1. The molecule has 2 aliphatic rings. The first kappa shape index (κ1) is 31.9. The normalized spacial score (nSPS) is 18.6. The summed E-state index contributed by atoms with van der Waals surface area (Å²) in [6.45, 7) is 10.7. The number of aliphatic hydroxyl groups is 2. The number of hydrogen-bond acceptors (Lipinski definition) is 8. The van der Waals surface area contributed by atoms with E-state index in [0.717, 1.165) is 0 Å². The number of anilines is 1. The molecular weight excluding hydrogens is 648 g/mol. The van der Waals surface area contributed by atoms with Crippen molar-refractivity contribution in [2.75, 3.05) is 31.7 Å². The fraction of sp³-hybridized carbons (Fsp3) is 0.552. The van der Waals surface area contributed by atoms with Gasteiger partial charge in [0, 0.05) is 6.07 Å². The molecule has 226 valence electrons. The number of nitrogens with zero attached hydrogens (tertiary/aromatic N) is 1. The molecule has 0 radical (unpaired) electrons. The van der Waals surface area contributed by atoms with E-state index in [1.807, 2.05) is 36.0 Å². The van der Waals surface area contributed by atoms with Gasteiger partial charge in [-0.15, -0.1) is 0 Å². The van der Waals surface area contributed by atoms with Crippen LogP contribution in [0.1, 0.15) is 63.5 Å². The second-order valence-corrected chi connectivity index (χ2v) is 15.1. The van der Waals surface area contributed by atoms with E-state index in [1.54, 1.807) is 23.2 Å². The number of nitrogens with one attached hydrogen (secondary N) is 3. The van der Waals surface area contributed by atoms with Gasteiger partial charge >= 0.3 is 235 Å². The van der Waals surface area contributed by atoms with Gasteiger partial charge in [-0.3, -0.25) is 9.78 Å². The molecule has 0 spiro atoms. The van der Waals surface area contributed by atoms with Crippen LogP contribution < -0.4 is 26.0 Å².